The van der Waals surface area contributed by atoms with Gasteiger partial charge in [-0.05, 0) is 18.2 Å². The fraction of sp³-hybridized carbons (Fsp3) is 0.263. The zero-order valence-electron chi connectivity index (χ0n) is 14.8. The van der Waals surface area contributed by atoms with E-state index in [9.17, 15) is 0 Å². The predicted molar refractivity (Wildman–Crippen MR) is 99.9 cm³/mol. The summed E-state index contributed by atoms with van der Waals surface area (Å²) in [4.78, 5) is 11.8. The third kappa shape index (κ3) is 2.74. The SMILES string of the molecule is COc1cccc(-c2nc(N3CCOCC3)c3oc4nnccc4c3n2)c1. The standard InChI is InChI=1S/C19H17N5O3/c1-25-13-4-2-3-12(11-13)17-21-15-14-5-6-20-23-19(14)27-16(15)18(22-17)24-7-9-26-10-8-24/h2-6,11H,7-10H2,1H3. The molecule has 0 spiro atoms. The highest BCUT2D eigenvalue weighted by molar-refractivity contribution is 6.05. The van der Waals surface area contributed by atoms with Crippen molar-refractivity contribution in [1.82, 2.24) is 20.2 Å². The maximum Gasteiger partial charge on any atom is 0.248 e. The Morgan fingerprint density at radius 3 is 2.85 bits per heavy atom. The molecule has 0 saturated carbocycles. The number of methoxy groups -OCH3 is 1. The Morgan fingerprint density at radius 1 is 1.11 bits per heavy atom. The molecular weight excluding hydrogens is 346 g/mol. The average Bonchev–Trinajstić information content (AvgIpc) is 3.12. The first-order valence-electron chi connectivity index (χ1n) is 8.72. The number of rotatable bonds is 3. The molecule has 1 saturated heterocycles. The Morgan fingerprint density at radius 2 is 2.00 bits per heavy atom. The van der Waals surface area contributed by atoms with Gasteiger partial charge in [-0.1, -0.05) is 12.1 Å². The minimum absolute atomic E-state index is 0.458. The van der Waals surface area contributed by atoms with Crippen molar-refractivity contribution in [3.8, 4) is 17.1 Å². The monoisotopic (exact) mass is 363 g/mol. The summed E-state index contributed by atoms with van der Waals surface area (Å²) >= 11 is 0. The molecule has 1 fully saturated rings. The van der Waals surface area contributed by atoms with E-state index in [1.807, 2.05) is 30.3 Å². The van der Waals surface area contributed by atoms with E-state index in [0.29, 0.717) is 30.3 Å². The van der Waals surface area contributed by atoms with E-state index >= 15 is 0 Å². The maximum absolute atomic E-state index is 5.97. The van der Waals surface area contributed by atoms with Gasteiger partial charge in [-0.25, -0.2) is 9.97 Å². The number of hydrogen-bond donors (Lipinski definition) is 0. The van der Waals surface area contributed by atoms with E-state index in [1.54, 1.807) is 13.3 Å². The van der Waals surface area contributed by atoms with Crippen LogP contribution in [0.3, 0.4) is 0 Å². The summed E-state index contributed by atoms with van der Waals surface area (Å²) < 4.78 is 16.8. The average molecular weight is 363 g/mol. The number of fused-ring (bicyclic) bond motifs is 3. The van der Waals surface area contributed by atoms with Crippen LogP contribution in [-0.4, -0.2) is 53.6 Å². The highest BCUT2D eigenvalue weighted by Gasteiger charge is 2.23. The second kappa shape index (κ2) is 6.48. The Balaban J connectivity index is 1.77. The van der Waals surface area contributed by atoms with Gasteiger partial charge in [0.1, 0.15) is 11.3 Å². The highest BCUT2D eigenvalue weighted by atomic mass is 16.5. The van der Waals surface area contributed by atoms with Gasteiger partial charge in [0.05, 0.1) is 31.9 Å². The van der Waals surface area contributed by atoms with Crippen LogP contribution in [0, 0.1) is 0 Å². The molecule has 1 aromatic carbocycles. The molecule has 4 heterocycles. The second-order valence-electron chi connectivity index (χ2n) is 6.23. The molecule has 136 valence electrons. The van der Waals surface area contributed by atoms with Crippen molar-refractivity contribution in [2.24, 2.45) is 0 Å². The molecule has 0 atom stereocenters. The first-order chi connectivity index (χ1) is 13.3. The Kier molecular flexibility index (Phi) is 3.83. The highest BCUT2D eigenvalue weighted by Crippen LogP contribution is 2.34. The van der Waals surface area contributed by atoms with Crippen LogP contribution in [0.4, 0.5) is 5.82 Å². The minimum atomic E-state index is 0.458. The second-order valence-corrected chi connectivity index (χ2v) is 6.23. The summed E-state index contributed by atoms with van der Waals surface area (Å²) in [5.41, 5.74) is 2.69. The number of benzene rings is 1. The van der Waals surface area contributed by atoms with E-state index in [-0.39, 0.29) is 0 Å². The lowest BCUT2D eigenvalue weighted by Crippen LogP contribution is -2.37. The van der Waals surface area contributed by atoms with E-state index in [1.165, 1.54) is 0 Å². The van der Waals surface area contributed by atoms with Gasteiger partial charge in [0.25, 0.3) is 0 Å². The maximum atomic E-state index is 5.97. The molecule has 1 aliphatic heterocycles. The smallest absolute Gasteiger partial charge is 0.248 e. The number of aromatic nitrogens is 4. The summed E-state index contributed by atoms with van der Waals surface area (Å²) in [5.74, 6) is 2.12. The lowest BCUT2D eigenvalue weighted by atomic mass is 10.2. The van der Waals surface area contributed by atoms with Crippen molar-refractivity contribution >= 4 is 28.0 Å². The van der Waals surface area contributed by atoms with Crippen molar-refractivity contribution in [1.29, 1.82) is 0 Å². The molecule has 0 bridgehead atoms. The molecule has 5 rings (SSSR count). The summed E-state index contributed by atoms with van der Waals surface area (Å²) in [6.07, 6.45) is 1.64. The van der Waals surface area contributed by atoms with E-state index < -0.39 is 0 Å². The number of morpholine rings is 1. The van der Waals surface area contributed by atoms with Gasteiger partial charge in [0.15, 0.2) is 17.2 Å². The van der Waals surface area contributed by atoms with Gasteiger partial charge < -0.3 is 18.8 Å². The van der Waals surface area contributed by atoms with Crippen LogP contribution in [-0.2, 0) is 4.74 Å². The fourth-order valence-electron chi connectivity index (χ4n) is 3.27. The molecule has 8 heteroatoms. The summed E-state index contributed by atoms with van der Waals surface area (Å²) in [5, 5.41) is 8.82. The largest absolute Gasteiger partial charge is 0.497 e. The molecule has 0 amide bonds. The number of nitrogens with zero attached hydrogens (tertiary/aromatic N) is 5. The molecule has 0 aliphatic carbocycles. The lowest BCUT2D eigenvalue weighted by molar-refractivity contribution is 0.122. The third-order valence-corrected chi connectivity index (χ3v) is 4.63. The first kappa shape index (κ1) is 16.0. The molecular formula is C19H17N5O3. The van der Waals surface area contributed by atoms with Crippen LogP contribution >= 0.6 is 0 Å². The normalized spacial score (nSPS) is 14.8. The van der Waals surface area contributed by atoms with E-state index in [4.69, 9.17) is 23.9 Å². The summed E-state index contributed by atoms with van der Waals surface area (Å²) in [6.45, 7) is 2.79. The van der Waals surface area contributed by atoms with E-state index in [2.05, 4.69) is 15.1 Å². The first-order valence-corrected chi connectivity index (χ1v) is 8.72. The Hall–Kier alpha value is -3.26. The number of anilines is 1. The quantitative estimate of drug-likeness (QED) is 0.549. The number of furan rings is 1. The van der Waals surface area contributed by atoms with Crippen LogP contribution in [0.25, 0.3) is 33.6 Å². The van der Waals surface area contributed by atoms with Crippen LogP contribution < -0.4 is 9.64 Å². The lowest BCUT2D eigenvalue weighted by Gasteiger charge is -2.27. The zero-order valence-corrected chi connectivity index (χ0v) is 14.8. The van der Waals surface area contributed by atoms with Crippen molar-refractivity contribution in [2.75, 3.05) is 38.3 Å². The number of hydrogen-bond acceptors (Lipinski definition) is 8. The van der Waals surface area contributed by atoms with Crippen molar-refractivity contribution in [2.45, 2.75) is 0 Å². The molecule has 0 radical (unpaired) electrons. The zero-order chi connectivity index (χ0) is 18.2. The van der Waals surface area contributed by atoms with Gasteiger partial charge in [-0.3, -0.25) is 0 Å². The molecule has 3 aromatic heterocycles. The molecule has 8 nitrogen and oxygen atoms in total. The van der Waals surface area contributed by atoms with Crippen molar-refractivity contribution in [3.63, 3.8) is 0 Å². The van der Waals surface area contributed by atoms with Crippen LogP contribution in [0.1, 0.15) is 0 Å². The third-order valence-electron chi connectivity index (χ3n) is 4.63. The number of ether oxygens (including phenoxy) is 2. The fourth-order valence-corrected chi connectivity index (χ4v) is 3.27. The van der Waals surface area contributed by atoms with Crippen molar-refractivity contribution < 1.29 is 13.9 Å². The Bertz CT molecular complexity index is 1120. The van der Waals surface area contributed by atoms with Crippen molar-refractivity contribution in [3.05, 3.63) is 36.5 Å². The van der Waals surface area contributed by atoms with Crippen LogP contribution in [0.15, 0.2) is 40.9 Å². The van der Waals surface area contributed by atoms with Crippen LogP contribution in [0.5, 0.6) is 5.75 Å². The molecule has 0 N–H and O–H groups in total. The topological polar surface area (TPSA) is 86.4 Å². The minimum Gasteiger partial charge on any atom is -0.497 e. The van der Waals surface area contributed by atoms with Gasteiger partial charge in [0, 0.05) is 18.7 Å². The molecule has 1 aliphatic rings. The van der Waals surface area contributed by atoms with Gasteiger partial charge in [-0.2, -0.15) is 5.10 Å². The van der Waals surface area contributed by atoms with E-state index in [0.717, 1.165) is 41.1 Å². The van der Waals surface area contributed by atoms with Crippen LogP contribution in [0.2, 0.25) is 0 Å². The predicted octanol–water partition coefficient (Wildman–Crippen LogP) is 2.68. The van der Waals surface area contributed by atoms with Gasteiger partial charge >= 0.3 is 0 Å². The van der Waals surface area contributed by atoms with Gasteiger partial charge in [-0.15, -0.1) is 5.10 Å². The van der Waals surface area contributed by atoms with Gasteiger partial charge in [0.2, 0.25) is 5.71 Å². The Labute approximate surface area is 154 Å². The molecule has 0 unspecified atom stereocenters. The summed E-state index contributed by atoms with van der Waals surface area (Å²) in [7, 11) is 1.64. The summed E-state index contributed by atoms with van der Waals surface area (Å²) in [6, 6.07) is 9.57. The molecule has 4 aromatic rings. The molecule has 27 heavy (non-hydrogen) atoms.